The van der Waals surface area contributed by atoms with Gasteiger partial charge in [-0.1, -0.05) is 24.3 Å². The van der Waals surface area contributed by atoms with Gasteiger partial charge in [0.2, 0.25) is 0 Å². The molecular formula is C21H26O6. The highest BCUT2D eigenvalue weighted by Gasteiger charge is 2.45. The van der Waals surface area contributed by atoms with Crippen molar-refractivity contribution in [3.8, 4) is 0 Å². The van der Waals surface area contributed by atoms with E-state index >= 15 is 0 Å². The molecule has 2 rings (SSSR count). The maximum absolute atomic E-state index is 12.4. The molecule has 0 saturated carbocycles. The van der Waals surface area contributed by atoms with E-state index in [1.165, 1.54) is 7.11 Å². The van der Waals surface area contributed by atoms with Crippen LogP contribution in [0.5, 0.6) is 0 Å². The SMILES string of the molecule is C=C1C(=O)OC2C=C(C)CCC=C(C(=O)OC)CC(OC(=O)/C(C)=C\C)C12. The Kier molecular flexibility index (Phi) is 6.77. The fourth-order valence-corrected chi connectivity index (χ4v) is 3.21. The van der Waals surface area contributed by atoms with E-state index in [-0.39, 0.29) is 12.0 Å². The predicted molar refractivity (Wildman–Crippen MR) is 99.5 cm³/mol. The molecule has 1 fully saturated rings. The van der Waals surface area contributed by atoms with Crippen LogP contribution < -0.4 is 0 Å². The predicted octanol–water partition coefficient (Wildman–Crippen LogP) is 3.19. The van der Waals surface area contributed by atoms with Gasteiger partial charge in [-0.2, -0.15) is 0 Å². The van der Waals surface area contributed by atoms with Crippen LogP contribution in [0.15, 0.2) is 47.1 Å². The number of methoxy groups -OCH3 is 1. The van der Waals surface area contributed by atoms with Crippen LogP contribution in [-0.4, -0.2) is 37.2 Å². The Labute approximate surface area is 159 Å². The molecule has 6 heteroatoms. The molecule has 0 amide bonds. The third-order valence-corrected chi connectivity index (χ3v) is 4.92. The average Bonchev–Trinajstić information content (AvgIpc) is 2.91. The number of esters is 3. The third kappa shape index (κ3) is 4.76. The first-order valence-electron chi connectivity index (χ1n) is 8.96. The van der Waals surface area contributed by atoms with Crippen molar-refractivity contribution in [2.75, 3.05) is 7.11 Å². The number of hydrogen-bond donors (Lipinski definition) is 0. The molecule has 0 aromatic carbocycles. The lowest BCUT2D eigenvalue weighted by Crippen LogP contribution is -2.34. The maximum Gasteiger partial charge on any atom is 0.334 e. The zero-order chi connectivity index (χ0) is 20.1. The van der Waals surface area contributed by atoms with Gasteiger partial charge in [-0.05, 0) is 39.7 Å². The molecule has 0 radical (unpaired) electrons. The highest BCUT2D eigenvalue weighted by atomic mass is 16.6. The third-order valence-electron chi connectivity index (χ3n) is 4.92. The van der Waals surface area contributed by atoms with Crippen LogP contribution in [0.25, 0.3) is 0 Å². The van der Waals surface area contributed by atoms with Crippen molar-refractivity contribution in [3.63, 3.8) is 0 Å². The van der Waals surface area contributed by atoms with E-state index in [2.05, 4.69) is 6.58 Å². The van der Waals surface area contributed by atoms with Gasteiger partial charge in [0, 0.05) is 23.1 Å². The van der Waals surface area contributed by atoms with E-state index < -0.39 is 36.0 Å². The van der Waals surface area contributed by atoms with E-state index in [1.54, 1.807) is 26.0 Å². The first-order chi connectivity index (χ1) is 12.8. The van der Waals surface area contributed by atoms with Gasteiger partial charge < -0.3 is 14.2 Å². The molecule has 0 aromatic rings. The van der Waals surface area contributed by atoms with E-state index in [0.717, 1.165) is 12.0 Å². The zero-order valence-corrected chi connectivity index (χ0v) is 16.2. The molecule has 146 valence electrons. The molecule has 3 unspecified atom stereocenters. The average molecular weight is 374 g/mol. The van der Waals surface area contributed by atoms with Crippen molar-refractivity contribution >= 4 is 17.9 Å². The Bertz CT molecular complexity index is 740. The summed E-state index contributed by atoms with van der Waals surface area (Å²) in [6, 6.07) is 0. The molecule has 0 aromatic heterocycles. The van der Waals surface area contributed by atoms with Gasteiger partial charge in [-0.3, -0.25) is 0 Å². The van der Waals surface area contributed by atoms with Gasteiger partial charge >= 0.3 is 17.9 Å². The van der Waals surface area contributed by atoms with Gasteiger partial charge in [-0.15, -0.1) is 0 Å². The largest absolute Gasteiger partial charge is 0.466 e. The summed E-state index contributed by atoms with van der Waals surface area (Å²) in [5, 5.41) is 0. The van der Waals surface area contributed by atoms with Crippen LogP contribution in [0.3, 0.4) is 0 Å². The van der Waals surface area contributed by atoms with Gasteiger partial charge in [0.05, 0.1) is 13.0 Å². The van der Waals surface area contributed by atoms with Crippen molar-refractivity contribution in [1.29, 1.82) is 0 Å². The Hall–Kier alpha value is -2.63. The normalized spacial score (nSPS) is 26.4. The highest BCUT2D eigenvalue weighted by Crippen LogP contribution is 2.36. The van der Waals surface area contributed by atoms with Gasteiger partial charge in [-0.25, -0.2) is 14.4 Å². The first kappa shape index (κ1) is 20.7. The van der Waals surface area contributed by atoms with E-state index in [1.807, 2.05) is 13.0 Å². The van der Waals surface area contributed by atoms with Gasteiger partial charge in [0.25, 0.3) is 0 Å². The fourth-order valence-electron chi connectivity index (χ4n) is 3.21. The second kappa shape index (κ2) is 8.84. The minimum atomic E-state index is -0.774. The summed E-state index contributed by atoms with van der Waals surface area (Å²) in [4.78, 5) is 36.7. The Morgan fingerprint density at radius 1 is 1.37 bits per heavy atom. The molecule has 3 atom stereocenters. The fraction of sp³-hybridized carbons (Fsp3) is 0.476. The van der Waals surface area contributed by atoms with Crippen LogP contribution in [0.2, 0.25) is 0 Å². The number of hydrogen-bond acceptors (Lipinski definition) is 6. The molecule has 1 aliphatic heterocycles. The van der Waals surface area contributed by atoms with Crippen molar-refractivity contribution in [2.24, 2.45) is 5.92 Å². The lowest BCUT2D eigenvalue weighted by atomic mass is 9.85. The van der Waals surface area contributed by atoms with Crippen molar-refractivity contribution in [3.05, 3.63) is 47.1 Å². The second-order valence-electron chi connectivity index (χ2n) is 6.81. The first-order valence-corrected chi connectivity index (χ1v) is 8.96. The van der Waals surface area contributed by atoms with Gasteiger partial charge in [0.1, 0.15) is 12.2 Å². The summed E-state index contributed by atoms with van der Waals surface area (Å²) in [5.41, 5.74) is 2.11. The molecule has 0 N–H and O–H groups in total. The monoisotopic (exact) mass is 374 g/mol. The quantitative estimate of drug-likeness (QED) is 0.327. The summed E-state index contributed by atoms with van der Waals surface area (Å²) in [6.45, 7) is 9.15. The highest BCUT2D eigenvalue weighted by molar-refractivity contribution is 5.92. The standard InChI is InChI=1S/C21H26O6/c1-6-13(3)19(22)26-17-11-15(21(24)25-5)9-7-8-12(2)10-16-18(17)14(4)20(23)27-16/h6,9-10,16-18H,4,7-8,11H2,1-3,5H3/b12-10?,13-6-,15-9?. The molecule has 1 saturated heterocycles. The van der Waals surface area contributed by atoms with E-state index in [4.69, 9.17) is 14.2 Å². The van der Waals surface area contributed by atoms with Crippen molar-refractivity contribution in [2.45, 2.75) is 52.2 Å². The van der Waals surface area contributed by atoms with Crippen LogP contribution in [0, 0.1) is 5.92 Å². The zero-order valence-electron chi connectivity index (χ0n) is 16.2. The number of allylic oxidation sites excluding steroid dienone is 3. The van der Waals surface area contributed by atoms with Crippen LogP contribution in [-0.2, 0) is 28.6 Å². The number of carbonyl (C=O) groups is 3. The topological polar surface area (TPSA) is 78.9 Å². The molecule has 27 heavy (non-hydrogen) atoms. The Balaban J connectivity index is 2.47. The molecular weight excluding hydrogens is 348 g/mol. The van der Waals surface area contributed by atoms with Crippen LogP contribution in [0.1, 0.15) is 40.0 Å². The Morgan fingerprint density at radius 3 is 2.70 bits per heavy atom. The smallest absolute Gasteiger partial charge is 0.334 e. The van der Waals surface area contributed by atoms with Crippen molar-refractivity contribution in [1.82, 2.24) is 0 Å². The molecule has 0 bridgehead atoms. The summed E-state index contributed by atoms with van der Waals surface area (Å²) < 4.78 is 16.0. The Morgan fingerprint density at radius 2 is 2.07 bits per heavy atom. The summed E-state index contributed by atoms with van der Waals surface area (Å²) in [6.07, 6.45) is 5.44. The molecule has 1 heterocycles. The molecule has 6 nitrogen and oxygen atoms in total. The summed E-state index contributed by atoms with van der Waals surface area (Å²) in [5.74, 6) is -2.06. The number of carbonyl (C=O) groups excluding carboxylic acids is 3. The number of rotatable bonds is 3. The minimum absolute atomic E-state index is 0.124. The lowest BCUT2D eigenvalue weighted by molar-refractivity contribution is -0.148. The number of fused-ring (bicyclic) bond motifs is 1. The van der Waals surface area contributed by atoms with Gasteiger partial charge in [0.15, 0.2) is 0 Å². The second-order valence-corrected chi connectivity index (χ2v) is 6.81. The molecule has 0 spiro atoms. The number of ether oxygens (including phenoxy) is 3. The van der Waals surface area contributed by atoms with Crippen LogP contribution in [0.4, 0.5) is 0 Å². The molecule has 1 aliphatic carbocycles. The maximum atomic E-state index is 12.4. The summed E-state index contributed by atoms with van der Waals surface area (Å²) >= 11 is 0. The van der Waals surface area contributed by atoms with Crippen LogP contribution >= 0.6 is 0 Å². The summed E-state index contributed by atoms with van der Waals surface area (Å²) in [7, 11) is 1.31. The van der Waals surface area contributed by atoms with Crippen molar-refractivity contribution < 1.29 is 28.6 Å². The molecule has 2 aliphatic rings. The van der Waals surface area contributed by atoms with E-state index in [9.17, 15) is 14.4 Å². The minimum Gasteiger partial charge on any atom is -0.466 e. The van der Waals surface area contributed by atoms with E-state index in [0.29, 0.717) is 17.6 Å². The lowest BCUT2D eigenvalue weighted by Gasteiger charge is -2.27.